The number of hydrogen-bond acceptors (Lipinski definition) is 4. The molecular weight excluding hydrogens is 506 g/mol. The molecule has 0 saturated heterocycles. The van der Waals surface area contributed by atoms with Gasteiger partial charge >= 0.3 is 11.9 Å². The molecular formula is C33H61NO6. The van der Waals surface area contributed by atoms with Crippen LogP contribution >= 0.6 is 0 Å². The van der Waals surface area contributed by atoms with E-state index in [0.29, 0.717) is 6.42 Å². The number of quaternary nitrogens is 1. The third-order valence-corrected chi connectivity index (χ3v) is 8.55. The summed E-state index contributed by atoms with van der Waals surface area (Å²) >= 11 is 0. The number of carbonyl (C=O) groups is 3. The summed E-state index contributed by atoms with van der Waals surface area (Å²) < 4.78 is -0.481. The summed E-state index contributed by atoms with van der Waals surface area (Å²) in [4.78, 5) is 36.6. The molecule has 0 spiro atoms. The Kier molecular flexibility index (Phi) is 22.7. The predicted octanol–water partition coefficient (Wildman–Crippen LogP) is 7.27. The molecule has 0 heterocycles. The van der Waals surface area contributed by atoms with Crippen molar-refractivity contribution in [2.45, 2.75) is 174 Å². The molecule has 0 rings (SSSR count). The molecule has 0 fully saturated rings. The van der Waals surface area contributed by atoms with Crippen LogP contribution in [0.5, 0.6) is 0 Å². The van der Waals surface area contributed by atoms with E-state index in [1.54, 1.807) is 20.8 Å². The maximum absolute atomic E-state index is 12.2. The minimum absolute atomic E-state index is 0.123. The summed E-state index contributed by atoms with van der Waals surface area (Å²) in [7, 11) is 0. The maximum atomic E-state index is 12.2. The largest absolute Gasteiger partial charge is 0.544 e. The third-order valence-electron chi connectivity index (χ3n) is 8.55. The van der Waals surface area contributed by atoms with Gasteiger partial charge in [-0.3, -0.25) is 4.48 Å². The van der Waals surface area contributed by atoms with Gasteiger partial charge in [0.15, 0.2) is 12.1 Å². The van der Waals surface area contributed by atoms with Gasteiger partial charge in [-0.05, 0) is 38.5 Å². The van der Waals surface area contributed by atoms with Crippen molar-refractivity contribution >= 4 is 17.9 Å². The van der Waals surface area contributed by atoms with Gasteiger partial charge in [-0.2, -0.15) is 0 Å². The molecule has 0 radical (unpaired) electrons. The molecule has 0 aromatic heterocycles. The summed E-state index contributed by atoms with van der Waals surface area (Å²) in [6.07, 6.45) is 25.3. The monoisotopic (exact) mass is 567 g/mol. The van der Waals surface area contributed by atoms with Gasteiger partial charge in [0.05, 0.1) is 12.5 Å². The number of unbranched alkanes of at least 4 members (excludes halogenated alkanes) is 15. The number of rotatable bonds is 28. The second kappa shape index (κ2) is 23.8. The highest BCUT2D eigenvalue weighted by molar-refractivity contribution is 5.77. The molecule has 0 saturated carbocycles. The number of nitrogens with zero attached hydrogens (tertiary/aromatic N) is 1. The van der Waals surface area contributed by atoms with Crippen molar-refractivity contribution in [2.75, 3.05) is 6.54 Å². The molecule has 3 unspecified atom stereocenters. The molecule has 234 valence electrons. The van der Waals surface area contributed by atoms with Crippen molar-refractivity contribution in [1.29, 1.82) is 0 Å². The SMILES string of the molecule is CCCCCCCCCCCCCC/C=C/CCCCC[N+](C(CC)C(=O)[O-])(C(CC)C(=O)O)C(CC)C(=O)O. The zero-order valence-corrected chi connectivity index (χ0v) is 26.2. The van der Waals surface area contributed by atoms with Crippen LogP contribution in [0.2, 0.25) is 0 Å². The quantitative estimate of drug-likeness (QED) is 0.0584. The summed E-state index contributed by atoms with van der Waals surface area (Å²) in [5, 5.41) is 32.1. The maximum Gasteiger partial charge on any atom is 0.362 e. The van der Waals surface area contributed by atoms with E-state index in [1.807, 2.05) is 0 Å². The van der Waals surface area contributed by atoms with Crippen molar-refractivity contribution < 1.29 is 34.2 Å². The fourth-order valence-corrected chi connectivity index (χ4v) is 6.43. The average molecular weight is 568 g/mol. The number of hydrogen-bond donors (Lipinski definition) is 2. The van der Waals surface area contributed by atoms with Gasteiger partial charge in [0, 0.05) is 19.3 Å². The van der Waals surface area contributed by atoms with E-state index in [1.165, 1.54) is 77.0 Å². The lowest BCUT2D eigenvalue weighted by Crippen LogP contribution is -2.73. The van der Waals surface area contributed by atoms with Crippen molar-refractivity contribution in [3.05, 3.63) is 12.2 Å². The predicted molar refractivity (Wildman–Crippen MR) is 161 cm³/mol. The fourth-order valence-electron chi connectivity index (χ4n) is 6.43. The highest BCUT2D eigenvalue weighted by Gasteiger charge is 2.53. The normalized spacial score (nSPS) is 15.5. The highest BCUT2D eigenvalue weighted by atomic mass is 16.4. The van der Waals surface area contributed by atoms with Gasteiger partial charge in [0.1, 0.15) is 6.04 Å². The Morgan fingerprint density at radius 2 is 0.925 bits per heavy atom. The molecule has 0 aliphatic rings. The topological polar surface area (TPSA) is 115 Å². The Morgan fingerprint density at radius 1 is 0.575 bits per heavy atom. The van der Waals surface area contributed by atoms with Crippen LogP contribution < -0.4 is 5.11 Å². The first-order chi connectivity index (χ1) is 19.2. The van der Waals surface area contributed by atoms with Gasteiger partial charge in [-0.1, -0.05) is 110 Å². The number of allylic oxidation sites excluding steroid dienone is 2. The van der Waals surface area contributed by atoms with Crippen LogP contribution in [0, 0.1) is 0 Å². The zero-order valence-electron chi connectivity index (χ0n) is 26.2. The van der Waals surface area contributed by atoms with Crippen molar-refractivity contribution in [3.8, 4) is 0 Å². The van der Waals surface area contributed by atoms with Crippen molar-refractivity contribution in [3.63, 3.8) is 0 Å². The lowest BCUT2D eigenvalue weighted by atomic mass is 9.94. The molecule has 2 N–H and O–H groups in total. The second-order valence-corrected chi connectivity index (χ2v) is 11.5. The fraction of sp³-hybridized carbons (Fsp3) is 0.848. The Morgan fingerprint density at radius 3 is 1.25 bits per heavy atom. The molecule has 0 aliphatic carbocycles. The van der Waals surface area contributed by atoms with Gasteiger partial charge < -0.3 is 20.1 Å². The van der Waals surface area contributed by atoms with E-state index in [-0.39, 0.29) is 25.8 Å². The summed E-state index contributed by atoms with van der Waals surface area (Å²) in [6, 6.07) is -3.41. The molecule has 0 amide bonds. The van der Waals surface area contributed by atoms with Crippen LogP contribution in [0.15, 0.2) is 12.2 Å². The first-order valence-corrected chi connectivity index (χ1v) is 16.4. The Balaban J connectivity index is 4.56. The van der Waals surface area contributed by atoms with Gasteiger partial charge in [-0.15, -0.1) is 0 Å². The summed E-state index contributed by atoms with van der Waals surface area (Å²) in [6.45, 7) is 7.49. The second-order valence-electron chi connectivity index (χ2n) is 11.5. The highest BCUT2D eigenvalue weighted by Crippen LogP contribution is 2.32. The molecule has 40 heavy (non-hydrogen) atoms. The van der Waals surface area contributed by atoms with Gasteiger partial charge in [0.2, 0.25) is 0 Å². The Bertz CT molecular complexity index is 652. The van der Waals surface area contributed by atoms with E-state index in [4.69, 9.17) is 0 Å². The van der Waals surface area contributed by atoms with E-state index in [0.717, 1.165) is 25.7 Å². The minimum Gasteiger partial charge on any atom is -0.544 e. The molecule has 0 aliphatic heterocycles. The van der Waals surface area contributed by atoms with Crippen LogP contribution in [0.1, 0.15) is 156 Å². The standard InChI is InChI=1S/C33H61NO6/c1-5-9-10-11-12-13-14-15-16-17-18-19-20-21-22-23-24-25-26-27-34(28(6-2)31(35)36,29(7-3)32(37)38)30(8-4)33(39)40/h21-22,28-30H,5-20,23-27H2,1-4H3,(H2-,35,36,37,38,39,40)/b22-21+. The van der Waals surface area contributed by atoms with Crippen LogP contribution in [0.4, 0.5) is 0 Å². The molecule has 3 atom stereocenters. The first-order valence-electron chi connectivity index (χ1n) is 16.4. The minimum atomic E-state index is -1.37. The van der Waals surface area contributed by atoms with Crippen LogP contribution in [0.3, 0.4) is 0 Å². The summed E-state index contributed by atoms with van der Waals surface area (Å²) in [5.74, 6) is -3.67. The molecule has 7 nitrogen and oxygen atoms in total. The van der Waals surface area contributed by atoms with Crippen molar-refractivity contribution in [1.82, 2.24) is 0 Å². The van der Waals surface area contributed by atoms with Gasteiger partial charge in [-0.25, -0.2) is 9.59 Å². The zero-order chi connectivity index (χ0) is 30.2. The number of carbonyl (C=O) groups excluding carboxylic acids is 1. The number of carboxylic acid groups (broad SMARTS) is 3. The van der Waals surface area contributed by atoms with E-state index in [2.05, 4.69) is 19.1 Å². The molecule has 0 aromatic rings. The lowest BCUT2D eigenvalue weighted by Gasteiger charge is -2.51. The van der Waals surface area contributed by atoms with E-state index < -0.39 is 40.5 Å². The van der Waals surface area contributed by atoms with Crippen LogP contribution in [-0.4, -0.2) is 57.3 Å². The van der Waals surface area contributed by atoms with E-state index >= 15 is 0 Å². The van der Waals surface area contributed by atoms with Crippen molar-refractivity contribution in [2.24, 2.45) is 0 Å². The third kappa shape index (κ3) is 14.1. The molecule has 7 heteroatoms. The van der Waals surface area contributed by atoms with Gasteiger partial charge in [0.25, 0.3) is 0 Å². The van der Waals surface area contributed by atoms with E-state index in [9.17, 15) is 29.7 Å². The molecule has 0 aromatic carbocycles. The Labute approximate surface area is 245 Å². The van der Waals surface area contributed by atoms with Crippen LogP contribution in [-0.2, 0) is 14.4 Å². The number of carboxylic acids is 3. The Hall–Kier alpha value is -1.89. The molecule has 0 bridgehead atoms. The smallest absolute Gasteiger partial charge is 0.362 e. The summed E-state index contributed by atoms with van der Waals surface area (Å²) in [5.41, 5.74) is 0. The number of aliphatic carboxylic acids is 3. The van der Waals surface area contributed by atoms with Crippen LogP contribution in [0.25, 0.3) is 0 Å². The first kappa shape index (κ1) is 38.1. The average Bonchev–Trinajstić information content (AvgIpc) is 2.90. The lowest BCUT2D eigenvalue weighted by molar-refractivity contribution is -0.974.